The van der Waals surface area contributed by atoms with E-state index in [0.29, 0.717) is 19.8 Å². The summed E-state index contributed by atoms with van der Waals surface area (Å²) in [6.45, 7) is 1.57. The number of ether oxygens (including phenoxy) is 1. The number of hydrogen-bond donors (Lipinski definition) is 1. The largest absolute Gasteiger partial charge is 0.391 e. The molecule has 2 heterocycles. The Hall–Kier alpha value is -1.20. The minimum Gasteiger partial charge on any atom is -0.391 e. The topological polar surface area (TPSA) is 64.4 Å². The average molecular weight is 210 g/mol. The Bertz CT molecular complexity index is 371. The molecule has 1 fully saturated rings. The lowest BCUT2D eigenvalue weighted by Gasteiger charge is -2.16. The molecule has 0 aromatic carbocycles. The summed E-state index contributed by atoms with van der Waals surface area (Å²) in [4.78, 5) is 15.2. The van der Waals surface area contributed by atoms with E-state index in [1.807, 2.05) is 0 Å². The zero-order valence-corrected chi connectivity index (χ0v) is 8.37. The lowest BCUT2D eigenvalue weighted by Crippen LogP contribution is -2.31. The Morgan fingerprint density at radius 1 is 1.73 bits per heavy atom. The summed E-state index contributed by atoms with van der Waals surface area (Å²) in [6, 6.07) is 1.39. The molecular formula is C10H14N2O3. The van der Waals surface area contributed by atoms with Crippen molar-refractivity contribution in [3.05, 3.63) is 28.9 Å². The molecule has 1 saturated heterocycles. The van der Waals surface area contributed by atoms with Gasteiger partial charge in [-0.25, -0.2) is 4.98 Å². The van der Waals surface area contributed by atoms with E-state index in [2.05, 4.69) is 4.98 Å². The molecule has 2 atom stereocenters. The summed E-state index contributed by atoms with van der Waals surface area (Å²) < 4.78 is 6.60. The summed E-state index contributed by atoms with van der Waals surface area (Å²) in [5, 5.41) is 9.86. The number of rotatable bonds is 3. The number of aromatic nitrogens is 2. The molecule has 5 heteroatoms. The van der Waals surface area contributed by atoms with Crippen LogP contribution in [-0.2, 0) is 11.3 Å². The first kappa shape index (κ1) is 10.3. The molecule has 0 amide bonds. The monoisotopic (exact) mass is 210 g/mol. The van der Waals surface area contributed by atoms with Crippen molar-refractivity contribution in [1.82, 2.24) is 9.55 Å². The standard InChI is InChI=1S/C10H14N2O3/c13-9(8-2-4-15-6-8)5-12-7-11-3-1-10(12)14/h1,3,7-9,13H,2,4-6H2. The molecule has 0 radical (unpaired) electrons. The fraction of sp³-hybridized carbons (Fsp3) is 0.600. The Labute approximate surface area is 87.3 Å². The first-order valence-electron chi connectivity index (χ1n) is 5.03. The predicted molar refractivity (Wildman–Crippen MR) is 53.4 cm³/mol. The fourth-order valence-corrected chi connectivity index (χ4v) is 1.72. The highest BCUT2D eigenvalue weighted by Crippen LogP contribution is 2.17. The van der Waals surface area contributed by atoms with Crippen LogP contribution in [-0.4, -0.2) is 34.0 Å². The first-order valence-corrected chi connectivity index (χ1v) is 5.03. The van der Waals surface area contributed by atoms with Crippen molar-refractivity contribution in [2.75, 3.05) is 13.2 Å². The molecule has 1 aliphatic rings. The minimum absolute atomic E-state index is 0.136. The molecule has 2 rings (SSSR count). The lowest BCUT2D eigenvalue weighted by molar-refractivity contribution is 0.0767. The van der Waals surface area contributed by atoms with Gasteiger partial charge in [0.15, 0.2) is 0 Å². The summed E-state index contributed by atoms with van der Waals surface area (Å²) in [6.07, 6.45) is 3.22. The van der Waals surface area contributed by atoms with Crippen LogP contribution in [0.15, 0.2) is 23.4 Å². The smallest absolute Gasteiger partial charge is 0.253 e. The van der Waals surface area contributed by atoms with Gasteiger partial charge in [0.05, 0.1) is 25.6 Å². The molecule has 2 unspecified atom stereocenters. The van der Waals surface area contributed by atoms with Crippen molar-refractivity contribution >= 4 is 0 Å². The first-order chi connectivity index (χ1) is 7.27. The van der Waals surface area contributed by atoms with E-state index in [0.717, 1.165) is 6.42 Å². The molecule has 0 bridgehead atoms. The maximum atomic E-state index is 11.4. The zero-order chi connectivity index (χ0) is 10.7. The third-order valence-electron chi connectivity index (χ3n) is 2.69. The molecule has 0 aliphatic carbocycles. The molecule has 0 saturated carbocycles. The van der Waals surface area contributed by atoms with Crippen molar-refractivity contribution in [1.29, 1.82) is 0 Å². The van der Waals surface area contributed by atoms with Gasteiger partial charge < -0.3 is 9.84 Å². The van der Waals surface area contributed by atoms with Gasteiger partial charge in [0.2, 0.25) is 0 Å². The number of aliphatic hydroxyl groups excluding tert-OH is 1. The summed E-state index contributed by atoms with van der Waals surface area (Å²) in [5.74, 6) is 0.136. The van der Waals surface area contributed by atoms with Crippen LogP contribution in [0.4, 0.5) is 0 Å². The second-order valence-corrected chi connectivity index (χ2v) is 3.76. The van der Waals surface area contributed by atoms with Crippen molar-refractivity contribution in [2.24, 2.45) is 5.92 Å². The second-order valence-electron chi connectivity index (χ2n) is 3.76. The maximum absolute atomic E-state index is 11.4. The molecule has 5 nitrogen and oxygen atoms in total. The van der Waals surface area contributed by atoms with E-state index in [4.69, 9.17) is 4.74 Å². The van der Waals surface area contributed by atoms with E-state index in [1.54, 1.807) is 0 Å². The van der Waals surface area contributed by atoms with Gasteiger partial charge in [0.1, 0.15) is 0 Å². The van der Waals surface area contributed by atoms with Crippen LogP contribution in [0.5, 0.6) is 0 Å². The van der Waals surface area contributed by atoms with Gasteiger partial charge in [0, 0.05) is 24.8 Å². The van der Waals surface area contributed by atoms with E-state index >= 15 is 0 Å². The van der Waals surface area contributed by atoms with E-state index < -0.39 is 6.10 Å². The van der Waals surface area contributed by atoms with Crippen LogP contribution >= 0.6 is 0 Å². The Kier molecular flexibility index (Phi) is 3.13. The number of nitrogens with zero attached hydrogens (tertiary/aromatic N) is 2. The minimum atomic E-state index is -0.533. The van der Waals surface area contributed by atoms with Crippen LogP contribution in [0.3, 0.4) is 0 Å². The van der Waals surface area contributed by atoms with Gasteiger partial charge in [-0.2, -0.15) is 0 Å². The summed E-state index contributed by atoms with van der Waals surface area (Å²) >= 11 is 0. The number of aliphatic hydroxyl groups is 1. The zero-order valence-electron chi connectivity index (χ0n) is 8.37. The van der Waals surface area contributed by atoms with E-state index in [-0.39, 0.29) is 11.5 Å². The van der Waals surface area contributed by atoms with Crippen LogP contribution in [0.2, 0.25) is 0 Å². The van der Waals surface area contributed by atoms with E-state index in [9.17, 15) is 9.90 Å². The molecule has 1 aromatic rings. The van der Waals surface area contributed by atoms with Crippen molar-refractivity contribution < 1.29 is 9.84 Å². The highest BCUT2D eigenvalue weighted by Gasteiger charge is 2.24. The van der Waals surface area contributed by atoms with Crippen molar-refractivity contribution in [2.45, 2.75) is 19.1 Å². The third-order valence-corrected chi connectivity index (χ3v) is 2.69. The summed E-state index contributed by atoms with van der Waals surface area (Å²) in [5.41, 5.74) is -0.136. The molecule has 15 heavy (non-hydrogen) atoms. The SMILES string of the molecule is O=c1ccncn1CC(O)C1CCOC1. The average Bonchev–Trinajstić information content (AvgIpc) is 2.74. The van der Waals surface area contributed by atoms with Gasteiger partial charge in [-0.05, 0) is 6.42 Å². The van der Waals surface area contributed by atoms with Gasteiger partial charge in [0.25, 0.3) is 5.56 Å². The Balaban J connectivity index is 2.02. The molecular weight excluding hydrogens is 196 g/mol. The Morgan fingerprint density at radius 2 is 2.60 bits per heavy atom. The molecule has 82 valence electrons. The van der Waals surface area contributed by atoms with E-state index in [1.165, 1.54) is 23.2 Å². The second kappa shape index (κ2) is 4.55. The molecule has 1 aliphatic heterocycles. The van der Waals surface area contributed by atoms with Gasteiger partial charge in [-0.15, -0.1) is 0 Å². The van der Waals surface area contributed by atoms with Gasteiger partial charge >= 0.3 is 0 Å². The maximum Gasteiger partial charge on any atom is 0.253 e. The molecule has 1 aromatic heterocycles. The summed E-state index contributed by atoms with van der Waals surface area (Å²) in [7, 11) is 0. The third kappa shape index (κ3) is 2.43. The van der Waals surface area contributed by atoms with Crippen molar-refractivity contribution in [3.8, 4) is 0 Å². The predicted octanol–water partition coefficient (Wildman–Crippen LogP) is -0.359. The normalized spacial score (nSPS) is 22.9. The fourth-order valence-electron chi connectivity index (χ4n) is 1.72. The van der Waals surface area contributed by atoms with Crippen LogP contribution in [0.25, 0.3) is 0 Å². The number of hydrogen-bond acceptors (Lipinski definition) is 4. The van der Waals surface area contributed by atoms with Gasteiger partial charge in [-0.3, -0.25) is 9.36 Å². The van der Waals surface area contributed by atoms with Gasteiger partial charge in [-0.1, -0.05) is 0 Å². The Morgan fingerprint density at radius 3 is 3.27 bits per heavy atom. The van der Waals surface area contributed by atoms with Crippen molar-refractivity contribution in [3.63, 3.8) is 0 Å². The molecule has 1 N–H and O–H groups in total. The van der Waals surface area contributed by atoms with Crippen LogP contribution < -0.4 is 5.56 Å². The highest BCUT2D eigenvalue weighted by atomic mass is 16.5. The quantitative estimate of drug-likeness (QED) is 0.740. The lowest BCUT2D eigenvalue weighted by atomic mass is 10.0. The van der Waals surface area contributed by atoms with Crippen LogP contribution in [0.1, 0.15) is 6.42 Å². The highest BCUT2D eigenvalue weighted by molar-refractivity contribution is 4.84. The molecule has 0 spiro atoms. The van der Waals surface area contributed by atoms with Crippen LogP contribution in [0, 0.1) is 5.92 Å².